The molecule has 0 unspecified atom stereocenters. The lowest BCUT2D eigenvalue weighted by Crippen LogP contribution is -2.64. The van der Waals surface area contributed by atoms with Crippen molar-refractivity contribution in [1.29, 1.82) is 0 Å². The van der Waals surface area contributed by atoms with Gasteiger partial charge in [0.2, 0.25) is 5.95 Å². The highest BCUT2D eigenvalue weighted by molar-refractivity contribution is 6.78. The van der Waals surface area contributed by atoms with Crippen LogP contribution in [0.15, 0.2) is 11.1 Å². The fourth-order valence-corrected chi connectivity index (χ4v) is 5.15. The highest BCUT2D eigenvalue weighted by atomic mass is 28.3. The first-order valence-electron chi connectivity index (χ1n) is 6.51. The average molecular weight is 316 g/mol. The van der Waals surface area contributed by atoms with Gasteiger partial charge in [-0.25, -0.2) is 9.78 Å². The molecule has 2 heterocycles. The summed E-state index contributed by atoms with van der Waals surface area (Å²) >= 11 is 0. The summed E-state index contributed by atoms with van der Waals surface area (Å²) in [6.45, 7) is 5.12. The second-order valence-corrected chi connectivity index (χ2v) is 11.3. The molecule has 1 aromatic heterocycles. The predicted octanol–water partition coefficient (Wildman–Crippen LogP) is -2.14. The van der Waals surface area contributed by atoms with Crippen molar-refractivity contribution in [3.05, 3.63) is 16.8 Å². The molecule has 21 heavy (non-hydrogen) atoms. The summed E-state index contributed by atoms with van der Waals surface area (Å²) in [6.07, 6.45) is -2.54. The van der Waals surface area contributed by atoms with E-state index in [9.17, 15) is 20.1 Å². The predicted molar refractivity (Wildman–Crippen MR) is 76.0 cm³/mol. The Kier molecular flexibility index (Phi) is 3.93. The number of hydrogen-bond acceptors (Lipinski definition) is 8. The van der Waals surface area contributed by atoms with E-state index in [1.807, 2.05) is 19.6 Å². The Hall–Kier alpha value is -1.33. The molecule has 0 bridgehead atoms. The van der Waals surface area contributed by atoms with Gasteiger partial charge in [0.25, 0.3) is 0 Å². The van der Waals surface area contributed by atoms with E-state index in [0.29, 0.717) is 0 Å². The quantitative estimate of drug-likeness (QED) is 0.463. The number of nitrogens with zero attached hydrogens (tertiary/aromatic N) is 3. The van der Waals surface area contributed by atoms with Crippen LogP contribution in [0.3, 0.4) is 0 Å². The zero-order chi connectivity index (χ0) is 16.0. The van der Waals surface area contributed by atoms with Crippen molar-refractivity contribution in [2.24, 2.45) is 0 Å². The number of anilines is 1. The van der Waals surface area contributed by atoms with Gasteiger partial charge >= 0.3 is 5.69 Å². The maximum atomic E-state index is 12.1. The van der Waals surface area contributed by atoms with Crippen LogP contribution in [0.1, 0.15) is 0 Å². The van der Waals surface area contributed by atoms with E-state index in [1.54, 1.807) is 0 Å². The van der Waals surface area contributed by atoms with Gasteiger partial charge in [-0.05, 0) is 0 Å². The normalized spacial score (nSPS) is 33.3. The topological polar surface area (TPSA) is 144 Å². The molecule has 5 N–H and O–H groups in total. The van der Waals surface area contributed by atoms with Gasteiger partial charge < -0.3 is 25.8 Å². The van der Waals surface area contributed by atoms with Crippen LogP contribution in [0.4, 0.5) is 5.95 Å². The first-order chi connectivity index (χ1) is 9.65. The largest absolute Gasteiger partial charge is 0.394 e. The summed E-state index contributed by atoms with van der Waals surface area (Å²) in [4.78, 5) is 19.5. The molecule has 1 fully saturated rings. The maximum absolute atomic E-state index is 12.1. The van der Waals surface area contributed by atoms with E-state index >= 15 is 0 Å². The lowest BCUT2D eigenvalue weighted by Gasteiger charge is -2.42. The monoisotopic (exact) mass is 316 g/mol. The van der Waals surface area contributed by atoms with Crippen molar-refractivity contribution in [2.45, 2.75) is 43.3 Å². The summed E-state index contributed by atoms with van der Waals surface area (Å²) in [5.41, 5.74) is 4.65. The van der Waals surface area contributed by atoms with E-state index < -0.39 is 44.0 Å². The van der Waals surface area contributed by atoms with Crippen LogP contribution in [-0.2, 0) is 10.1 Å². The Bertz CT molecular complexity index is 589. The molecular formula is C11H20N4O5Si. The number of aliphatic hydroxyl groups excluding tert-OH is 3. The maximum Gasteiger partial charge on any atom is 0.354 e. The summed E-state index contributed by atoms with van der Waals surface area (Å²) in [5, 5.41) is 28.4. The van der Waals surface area contributed by atoms with Crippen LogP contribution in [0.25, 0.3) is 0 Å². The van der Waals surface area contributed by atoms with Crippen LogP contribution in [0, 0.1) is 0 Å². The summed E-state index contributed by atoms with van der Waals surface area (Å²) in [6, 6.07) is 0. The third-order valence-electron chi connectivity index (χ3n) is 3.77. The van der Waals surface area contributed by atoms with E-state index in [1.165, 1.54) is 0 Å². The third-order valence-corrected chi connectivity index (χ3v) is 6.57. The zero-order valence-electron chi connectivity index (χ0n) is 12.1. The fraction of sp³-hybridized carbons (Fsp3) is 0.727. The molecule has 2 rings (SSSR count). The molecule has 0 amide bonds. The van der Waals surface area contributed by atoms with Crippen molar-refractivity contribution >= 4 is 14.0 Å². The Morgan fingerprint density at radius 2 is 2.10 bits per heavy atom. The van der Waals surface area contributed by atoms with Gasteiger partial charge in [0.15, 0.2) is 5.35 Å². The van der Waals surface area contributed by atoms with Crippen molar-refractivity contribution in [3.8, 4) is 0 Å². The molecule has 9 nitrogen and oxygen atoms in total. The highest BCUT2D eigenvalue weighted by Crippen LogP contribution is 2.41. The standard InChI is InChI=1S/C11H20N4O5Si/c1-21(2,3)11(8(18)7(17)6(4-16)20-11)15-5-13-9(12)14-10(15)19/h5-8,16-18H,4H2,1-3H3,(H2,12,14,19)/t6-,7-,8-,11+/m1/s1. The van der Waals surface area contributed by atoms with Crippen molar-refractivity contribution in [3.63, 3.8) is 0 Å². The Morgan fingerprint density at radius 1 is 1.48 bits per heavy atom. The molecule has 1 aromatic rings. The average Bonchev–Trinajstić information content (AvgIpc) is 2.63. The minimum Gasteiger partial charge on any atom is -0.394 e. The van der Waals surface area contributed by atoms with Gasteiger partial charge in [0.05, 0.1) is 6.61 Å². The number of rotatable bonds is 3. The molecule has 0 saturated carbocycles. The minimum atomic E-state index is -2.43. The fourth-order valence-electron chi connectivity index (χ4n) is 2.71. The van der Waals surface area contributed by atoms with E-state index in [-0.39, 0.29) is 5.95 Å². The van der Waals surface area contributed by atoms with Gasteiger partial charge in [-0.15, -0.1) is 0 Å². The molecule has 10 heteroatoms. The lowest BCUT2D eigenvalue weighted by atomic mass is 10.1. The molecule has 1 aliphatic heterocycles. The molecule has 0 radical (unpaired) electrons. The van der Waals surface area contributed by atoms with Crippen LogP contribution >= 0.6 is 0 Å². The molecule has 0 aliphatic carbocycles. The minimum absolute atomic E-state index is 0.186. The van der Waals surface area contributed by atoms with Crippen molar-refractivity contribution in [2.75, 3.05) is 12.3 Å². The van der Waals surface area contributed by atoms with Crippen molar-refractivity contribution < 1.29 is 20.1 Å². The van der Waals surface area contributed by atoms with Crippen LogP contribution in [-0.4, -0.2) is 62.8 Å². The molecule has 1 saturated heterocycles. The van der Waals surface area contributed by atoms with Crippen LogP contribution in [0.5, 0.6) is 0 Å². The summed E-state index contributed by atoms with van der Waals surface area (Å²) in [5.74, 6) is -0.186. The van der Waals surface area contributed by atoms with Crippen LogP contribution in [0.2, 0.25) is 19.6 Å². The highest BCUT2D eigenvalue weighted by Gasteiger charge is 2.62. The number of aromatic nitrogens is 3. The van der Waals surface area contributed by atoms with E-state index in [0.717, 1.165) is 10.9 Å². The Morgan fingerprint density at radius 3 is 2.52 bits per heavy atom. The zero-order valence-corrected chi connectivity index (χ0v) is 13.1. The van der Waals surface area contributed by atoms with Gasteiger partial charge in [-0.2, -0.15) is 4.98 Å². The molecule has 0 spiro atoms. The number of aliphatic hydroxyl groups is 3. The Balaban J connectivity index is 2.68. The number of nitrogens with two attached hydrogens (primary N) is 1. The lowest BCUT2D eigenvalue weighted by molar-refractivity contribution is -0.0975. The van der Waals surface area contributed by atoms with E-state index in [2.05, 4.69) is 9.97 Å². The second-order valence-electron chi connectivity index (χ2n) is 6.09. The third kappa shape index (κ3) is 2.28. The van der Waals surface area contributed by atoms with Gasteiger partial charge in [0.1, 0.15) is 32.7 Å². The van der Waals surface area contributed by atoms with Gasteiger partial charge in [-0.3, -0.25) is 4.57 Å². The molecular weight excluding hydrogens is 296 g/mol. The Labute approximate surface area is 122 Å². The number of hydrogen-bond donors (Lipinski definition) is 4. The smallest absolute Gasteiger partial charge is 0.354 e. The molecule has 1 aliphatic rings. The van der Waals surface area contributed by atoms with Gasteiger partial charge in [0, 0.05) is 0 Å². The number of ether oxygens (including phenoxy) is 1. The number of nitrogen functional groups attached to an aromatic ring is 1. The van der Waals surface area contributed by atoms with Crippen LogP contribution < -0.4 is 11.4 Å². The van der Waals surface area contributed by atoms with Crippen molar-refractivity contribution in [1.82, 2.24) is 14.5 Å². The first kappa shape index (κ1) is 16.0. The molecule has 118 valence electrons. The summed E-state index contributed by atoms with van der Waals surface area (Å²) in [7, 11) is -2.43. The van der Waals surface area contributed by atoms with E-state index in [4.69, 9.17) is 10.5 Å². The van der Waals surface area contributed by atoms with Gasteiger partial charge in [-0.1, -0.05) is 19.6 Å². The first-order valence-corrected chi connectivity index (χ1v) is 10.0. The second kappa shape index (κ2) is 5.14. The molecule has 4 atom stereocenters. The summed E-state index contributed by atoms with van der Waals surface area (Å²) < 4.78 is 6.82. The SMILES string of the molecule is C[Si](C)(C)[C@@]1(n2cnc(N)nc2=O)O[C@H](CO)[C@@H](O)[C@H]1O. The molecule has 0 aromatic carbocycles.